The summed E-state index contributed by atoms with van der Waals surface area (Å²) in [6.07, 6.45) is 3.00. The number of hydrogen-bond donors (Lipinski definition) is 0. The molecule has 1 aromatic heterocycles. The van der Waals surface area contributed by atoms with Crippen molar-refractivity contribution >= 4 is 23.4 Å². The maximum absolute atomic E-state index is 12.7. The van der Waals surface area contributed by atoms with E-state index >= 15 is 0 Å². The largest absolute Gasteiger partial charge is 0.464 e. The lowest BCUT2D eigenvalue weighted by Gasteiger charge is -2.28. The predicted octanol–water partition coefficient (Wildman–Crippen LogP) is 3.14. The number of carbonyl (C=O) groups is 2. The Morgan fingerprint density at radius 2 is 2.14 bits per heavy atom. The Bertz CT molecular complexity index is 779. The van der Waals surface area contributed by atoms with Crippen molar-refractivity contribution in [3.63, 3.8) is 0 Å². The van der Waals surface area contributed by atoms with Crippen LogP contribution in [-0.2, 0) is 4.74 Å². The van der Waals surface area contributed by atoms with Crippen molar-refractivity contribution in [2.75, 3.05) is 7.11 Å². The summed E-state index contributed by atoms with van der Waals surface area (Å²) in [6, 6.07) is 4.92. The van der Waals surface area contributed by atoms with Gasteiger partial charge < -0.3 is 9.30 Å². The van der Waals surface area contributed by atoms with Gasteiger partial charge in [-0.2, -0.15) is 0 Å². The van der Waals surface area contributed by atoms with Gasteiger partial charge in [0.05, 0.1) is 31.1 Å². The molecule has 0 aliphatic heterocycles. The molecule has 1 heterocycles. The fraction of sp³-hybridized carbons (Fsp3) is 0.312. The summed E-state index contributed by atoms with van der Waals surface area (Å²) in [5, 5.41) is 0.516. The van der Waals surface area contributed by atoms with Crippen LogP contribution < -0.4 is 0 Å². The van der Waals surface area contributed by atoms with Gasteiger partial charge >= 0.3 is 5.97 Å². The number of ether oxygens (including phenoxy) is 1. The van der Waals surface area contributed by atoms with Gasteiger partial charge in [-0.1, -0.05) is 31.5 Å². The van der Waals surface area contributed by atoms with Gasteiger partial charge in [0.2, 0.25) is 0 Å². The van der Waals surface area contributed by atoms with Crippen molar-refractivity contribution in [3.05, 3.63) is 52.6 Å². The van der Waals surface area contributed by atoms with Crippen molar-refractivity contribution in [2.45, 2.75) is 19.9 Å². The third-order valence-corrected chi connectivity index (χ3v) is 4.40. The van der Waals surface area contributed by atoms with Crippen molar-refractivity contribution in [3.8, 4) is 0 Å². The second-order valence-electron chi connectivity index (χ2n) is 5.86. The average molecular weight is 319 g/mol. The molecule has 0 bridgehead atoms. The number of benzene rings is 1. The summed E-state index contributed by atoms with van der Waals surface area (Å²) in [7, 11) is 1.32. The van der Waals surface area contributed by atoms with Crippen LogP contribution in [0.4, 0.5) is 0 Å². The van der Waals surface area contributed by atoms with E-state index in [9.17, 15) is 9.59 Å². The molecule has 6 heteroatoms. The maximum Gasteiger partial charge on any atom is 0.356 e. The smallest absolute Gasteiger partial charge is 0.356 e. The quantitative estimate of drug-likeness (QED) is 0.798. The minimum Gasteiger partial charge on any atom is -0.464 e. The topological polar surface area (TPSA) is 61.2 Å². The van der Waals surface area contributed by atoms with Gasteiger partial charge in [0.1, 0.15) is 5.69 Å². The highest BCUT2D eigenvalue weighted by Gasteiger charge is 2.48. The molecule has 3 rings (SSSR count). The lowest BCUT2D eigenvalue weighted by Crippen LogP contribution is -2.30. The van der Waals surface area contributed by atoms with Crippen molar-refractivity contribution < 1.29 is 14.3 Å². The van der Waals surface area contributed by atoms with Gasteiger partial charge in [0.15, 0.2) is 5.78 Å². The van der Waals surface area contributed by atoms with E-state index in [1.807, 2.05) is 19.9 Å². The molecular weight excluding hydrogens is 304 g/mol. The van der Waals surface area contributed by atoms with Gasteiger partial charge in [0, 0.05) is 10.6 Å². The van der Waals surface area contributed by atoms with E-state index in [2.05, 4.69) is 4.98 Å². The normalized spacial score (nSPS) is 19.1. The van der Waals surface area contributed by atoms with E-state index in [1.165, 1.54) is 13.3 Å². The Labute approximate surface area is 132 Å². The van der Waals surface area contributed by atoms with Crippen molar-refractivity contribution in [1.82, 2.24) is 9.55 Å². The molecule has 0 fully saturated rings. The zero-order valence-electron chi connectivity index (χ0n) is 12.5. The third kappa shape index (κ3) is 1.96. The zero-order valence-corrected chi connectivity index (χ0v) is 13.2. The first-order valence-electron chi connectivity index (χ1n) is 6.82. The number of Topliss-reactive ketones (excluding diaryl/α,β-unsaturated/α-hetero) is 1. The van der Waals surface area contributed by atoms with Crippen molar-refractivity contribution in [2.24, 2.45) is 5.41 Å². The van der Waals surface area contributed by atoms with Crippen LogP contribution in [-0.4, -0.2) is 28.4 Å². The van der Waals surface area contributed by atoms with Gasteiger partial charge in [-0.15, -0.1) is 0 Å². The lowest BCUT2D eigenvalue weighted by atomic mass is 9.84. The molecule has 1 aliphatic rings. The first-order chi connectivity index (χ1) is 10.4. The molecule has 0 saturated heterocycles. The van der Waals surface area contributed by atoms with E-state index in [-0.39, 0.29) is 11.8 Å². The zero-order chi connectivity index (χ0) is 16.1. The summed E-state index contributed by atoms with van der Waals surface area (Å²) in [6.45, 7) is 3.71. The fourth-order valence-corrected chi connectivity index (χ4v) is 3.27. The summed E-state index contributed by atoms with van der Waals surface area (Å²) in [4.78, 5) is 28.7. The van der Waals surface area contributed by atoms with Crippen LogP contribution >= 0.6 is 11.6 Å². The second kappa shape index (κ2) is 4.95. The van der Waals surface area contributed by atoms with Gasteiger partial charge in [-0.05, 0) is 17.7 Å². The van der Waals surface area contributed by atoms with E-state index in [0.29, 0.717) is 16.3 Å². The molecular formula is C16H15ClN2O3. The molecule has 0 amide bonds. The number of ketones is 1. The molecule has 114 valence electrons. The lowest BCUT2D eigenvalue weighted by molar-refractivity contribution is 0.0579. The highest BCUT2D eigenvalue weighted by atomic mass is 35.5. The molecule has 5 nitrogen and oxygen atoms in total. The molecule has 1 unspecified atom stereocenters. The standard InChI is InChI=1S/C16H15ClN2O3/c1-16(2)13(19-8-18-7-12(19)15(21)22-3)10-5-4-9(17)6-11(10)14(16)20/h4-8,13H,1-3H3. The van der Waals surface area contributed by atoms with E-state index in [4.69, 9.17) is 16.3 Å². The van der Waals surface area contributed by atoms with Crippen LogP contribution in [0.3, 0.4) is 0 Å². The monoisotopic (exact) mass is 318 g/mol. The predicted molar refractivity (Wildman–Crippen MR) is 81.3 cm³/mol. The molecule has 1 atom stereocenters. The number of hydrogen-bond acceptors (Lipinski definition) is 4. The number of fused-ring (bicyclic) bond motifs is 1. The Morgan fingerprint density at radius 1 is 1.41 bits per heavy atom. The highest BCUT2D eigenvalue weighted by Crippen LogP contribution is 2.48. The molecule has 0 saturated carbocycles. The van der Waals surface area contributed by atoms with E-state index in [1.54, 1.807) is 23.0 Å². The molecule has 0 spiro atoms. The number of imidazole rings is 1. The number of esters is 1. The fourth-order valence-electron chi connectivity index (χ4n) is 3.09. The first kappa shape index (κ1) is 14.8. The number of carbonyl (C=O) groups excluding carboxylic acids is 2. The number of rotatable bonds is 2. The number of halogens is 1. The number of aromatic nitrogens is 2. The molecule has 1 aromatic carbocycles. The van der Waals surface area contributed by atoms with Crippen LogP contribution in [0.25, 0.3) is 0 Å². The molecule has 0 N–H and O–H groups in total. The molecule has 0 radical (unpaired) electrons. The Balaban J connectivity index is 2.22. The SMILES string of the molecule is COC(=O)c1cncn1C1c2ccc(Cl)cc2C(=O)C1(C)C. The van der Waals surface area contributed by atoms with E-state index < -0.39 is 11.4 Å². The molecule has 22 heavy (non-hydrogen) atoms. The van der Waals surface area contributed by atoms with Gasteiger partial charge in [-0.3, -0.25) is 4.79 Å². The summed E-state index contributed by atoms with van der Waals surface area (Å²) in [5.41, 5.74) is 1.03. The number of methoxy groups -OCH3 is 1. The van der Waals surface area contributed by atoms with Gasteiger partial charge in [-0.25, -0.2) is 9.78 Å². The van der Waals surface area contributed by atoms with Crippen molar-refractivity contribution in [1.29, 1.82) is 0 Å². The van der Waals surface area contributed by atoms with Crippen LogP contribution in [0.1, 0.15) is 46.3 Å². The van der Waals surface area contributed by atoms with E-state index in [0.717, 1.165) is 5.56 Å². The minimum absolute atomic E-state index is 0.000448. The van der Waals surface area contributed by atoms with Crippen LogP contribution in [0, 0.1) is 5.41 Å². The number of nitrogens with zero attached hydrogens (tertiary/aromatic N) is 2. The van der Waals surface area contributed by atoms with Crippen LogP contribution in [0.2, 0.25) is 5.02 Å². The third-order valence-electron chi connectivity index (χ3n) is 4.16. The first-order valence-corrected chi connectivity index (χ1v) is 7.20. The summed E-state index contributed by atoms with van der Waals surface area (Å²) in [5.74, 6) is -0.484. The van der Waals surface area contributed by atoms with Gasteiger partial charge in [0.25, 0.3) is 0 Å². The Morgan fingerprint density at radius 3 is 2.82 bits per heavy atom. The average Bonchev–Trinajstić information content (AvgIpc) is 3.02. The summed E-state index contributed by atoms with van der Waals surface area (Å²) < 4.78 is 6.49. The Hall–Kier alpha value is -2.14. The molecule has 2 aromatic rings. The Kier molecular flexibility index (Phi) is 3.33. The molecule has 1 aliphatic carbocycles. The van der Waals surface area contributed by atoms with Crippen LogP contribution in [0.15, 0.2) is 30.7 Å². The second-order valence-corrected chi connectivity index (χ2v) is 6.30. The minimum atomic E-state index is -0.712. The highest BCUT2D eigenvalue weighted by molar-refractivity contribution is 6.31. The maximum atomic E-state index is 12.7. The van der Waals surface area contributed by atoms with Crippen LogP contribution in [0.5, 0.6) is 0 Å². The summed E-state index contributed by atoms with van der Waals surface area (Å²) >= 11 is 6.01.